The first-order valence-corrected chi connectivity index (χ1v) is 8.65. The molecule has 4 nitrogen and oxygen atoms in total. The zero-order valence-corrected chi connectivity index (χ0v) is 13.4. The Morgan fingerprint density at radius 1 is 1.52 bits per heavy atom. The van der Waals surface area contributed by atoms with Gasteiger partial charge in [0.15, 0.2) is 5.76 Å². The molecule has 2 aromatic rings. The van der Waals surface area contributed by atoms with Gasteiger partial charge in [-0.25, -0.2) is 0 Å². The number of aromatic nitrogens is 1. The molecular weight excluding hydrogens is 282 g/mol. The lowest BCUT2D eigenvalue weighted by atomic mass is 9.99. The van der Waals surface area contributed by atoms with E-state index in [4.69, 9.17) is 4.52 Å². The van der Waals surface area contributed by atoms with Gasteiger partial charge in [0.1, 0.15) is 0 Å². The molecule has 1 atom stereocenters. The normalized spacial score (nSPS) is 19.2. The zero-order valence-electron chi connectivity index (χ0n) is 12.5. The van der Waals surface area contributed by atoms with Gasteiger partial charge in [0, 0.05) is 19.2 Å². The highest BCUT2D eigenvalue weighted by Gasteiger charge is 2.17. The Balaban J connectivity index is 1.58. The Morgan fingerprint density at radius 3 is 3.19 bits per heavy atom. The number of nitrogens with zero attached hydrogens (tertiary/aromatic N) is 2. The van der Waals surface area contributed by atoms with E-state index < -0.39 is 0 Å². The molecular formula is C16H23N3OS. The first-order chi connectivity index (χ1) is 10.3. The van der Waals surface area contributed by atoms with Crippen molar-refractivity contribution in [1.29, 1.82) is 0 Å². The maximum Gasteiger partial charge on any atom is 0.177 e. The summed E-state index contributed by atoms with van der Waals surface area (Å²) in [4.78, 5) is 3.61. The lowest BCUT2D eigenvalue weighted by Crippen LogP contribution is -2.38. The van der Waals surface area contributed by atoms with Crippen LogP contribution in [-0.4, -0.2) is 36.2 Å². The number of hydrogen-bond acceptors (Lipinski definition) is 5. The minimum atomic E-state index is 0.766. The van der Waals surface area contributed by atoms with Gasteiger partial charge in [0.2, 0.25) is 0 Å². The summed E-state index contributed by atoms with van der Waals surface area (Å²) in [5.74, 6) is 1.65. The van der Waals surface area contributed by atoms with Gasteiger partial charge in [-0.2, -0.15) is 0 Å². The van der Waals surface area contributed by atoms with Crippen molar-refractivity contribution in [2.45, 2.75) is 26.3 Å². The average Bonchev–Trinajstić information content (AvgIpc) is 3.18. The van der Waals surface area contributed by atoms with Crippen LogP contribution in [0, 0.1) is 5.92 Å². The molecule has 0 amide bonds. The summed E-state index contributed by atoms with van der Waals surface area (Å²) in [7, 11) is 0. The van der Waals surface area contributed by atoms with Gasteiger partial charge in [0.25, 0.3) is 0 Å². The van der Waals surface area contributed by atoms with Crippen molar-refractivity contribution < 1.29 is 4.52 Å². The molecule has 1 unspecified atom stereocenters. The molecule has 1 aliphatic heterocycles. The van der Waals surface area contributed by atoms with Crippen LogP contribution < -0.4 is 5.32 Å². The van der Waals surface area contributed by atoms with Crippen LogP contribution in [0.5, 0.6) is 0 Å². The van der Waals surface area contributed by atoms with E-state index >= 15 is 0 Å². The molecule has 5 heteroatoms. The third-order valence-corrected chi connectivity index (χ3v) is 4.96. The fourth-order valence-corrected chi connectivity index (χ4v) is 3.57. The van der Waals surface area contributed by atoms with Gasteiger partial charge in [-0.1, -0.05) is 18.1 Å². The molecule has 1 aliphatic rings. The largest absolute Gasteiger partial charge is 0.355 e. The lowest BCUT2D eigenvalue weighted by molar-refractivity contribution is 0.205. The van der Waals surface area contributed by atoms with Crippen LogP contribution in [0.1, 0.15) is 25.5 Å². The first-order valence-electron chi connectivity index (χ1n) is 7.77. The van der Waals surface area contributed by atoms with Crippen LogP contribution >= 0.6 is 11.3 Å². The van der Waals surface area contributed by atoms with Crippen molar-refractivity contribution in [3.63, 3.8) is 0 Å². The maximum atomic E-state index is 5.47. The summed E-state index contributed by atoms with van der Waals surface area (Å²) in [6.07, 6.45) is 2.64. The quantitative estimate of drug-likeness (QED) is 0.889. The lowest BCUT2D eigenvalue weighted by Gasteiger charge is -2.28. The van der Waals surface area contributed by atoms with Crippen LogP contribution in [0.3, 0.4) is 0 Å². The molecule has 2 aromatic heterocycles. The van der Waals surface area contributed by atoms with Crippen LogP contribution in [0.15, 0.2) is 28.1 Å². The van der Waals surface area contributed by atoms with E-state index in [0.717, 1.165) is 48.4 Å². The molecule has 1 saturated heterocycles. The Labute approximate surface area is 130 Å². The van der Waals surface area contributed by atoms with Gasteiger partial charge >= 0.3 is 0 Å². The predicted molar refractivity (Wildman–Crippen MR) is 86.4 cm³/mol. The van der Waals surface area contributed by atoms with Gasteiger partial charge in [0.05, 0.1) is 10.6 Å². The van der Waals surface area contributed by atoms with E-state index in [1.165, 1.54) is 19.4 Å². The second-order valence-electron chi connectivity index (χ2n) is 5.70. The predicted octanol–water partition coefficient (Wildman–Crippen LogP) is 3.22. The minimum absolute atomic E-state index is 0.766. The van der Waals surface area contributed by atoms with Crippen LogP contribution in [-0.2, 0) is 6.54 Å². The third kappa shape index (κ3) is 3.93. The molecule has 3 rings (SSSR count). The zero-order chi connectivity index (χ0) is 14.5. The fourth-order valence-electron chi connectivity index (χ4n) is 2.90. The molecule has 1 fully saturated rings. The standard InChI is InChI=1S/C16H23N3OS/c1-2-19(11-13-5-3-7-17-10-13)12-14-9-15(20-18-14)16-6-4-8-21-16/h4,6,8-9,13,17H,2-3,5,7,10-12H2,1H3. The van der Waals surface area contributed by atoms with Gasteiger partial charge in [-0.05, 0) is 49.8 Å². The summed E-state index contributed by atoms with van der Waals surface area (Å²) < 4.78 is 5.47. The molecule has 1 N–H and O–H groups in total. The van der Waals surface area contributed by atoms with E-state index in [9.17, 15) is 0 Å². The number of nitrogens with one attached hydrogen (secondary N) is 1. The molecule has 114 valence electrons. The molecule has 0 aromatic carbocycles. The summed E-state index contributed by atoms with van der Waals surface area (Å²) in [6, 6.07) is 6.18. The van der Waals surface area contributed by atoms with Crippen LogP contribution in [0.25, 0.3) is 10.6 Å². The average molecular weight is 305 g/mol. The van der Waals surface area contributed by atoms with E-state index in [2.05, 4.69) is 39.8 Å². The van der Waals surface area contributed by atoms with Crippen molar-refractivity contribution in [2.24, 2.45) is 5.92 Å². The third-order valence-electron chi connectivity index (χ3n) is 4.07. The highest BCUT2D eigenvalue weighted by Crippen LogP contribution is 2.25. The van der Waals surface area contributed by atoms with Crippen molar-refractivity contribution >= 4 is 11.3 Å². The Bertz CT molecular complexity index is 531. The van der Waals surface area contributed by atoms with Crippen molar-refractivity contribution in [3.05, 3.63) is 29.3 Å². The number of rotatable bonds is 6. The van der Waals surface area contributed by atoms with Crippen molar-refractivity contribution in [2.75, 3.05) is 26.2 Å². The van der Waals surface area contributed by atoms with Crippen LogP contribution in [0.2, 0.25) is 0 Å². The smallest absolute Gasteiger partial charge is 0.177 e. The Hall–Kier alpha value is -1.17. The SMILES string of the molecule is CCN(Cc1cc(-c2cccs2)on1)CC1CCCNC1. The van der Waals surface area contributed by atoms with E-state index in [0.29, 0.717) is 0 Å². The molecule has 21 heavy (non-hydrogen) atoms. The van der Waals surface area contributed by atoms with Crippen molar-refractivity contribution in [3.8, 4) is 10.6 Å². The van der Waals surface area contributed by atoms with E-state index in [-0.39, 0.29) is 0 Å². The number of piperidine rings is 1. The van der Waals surface area contributed by atoms with Crippen LogP contribution in [0.4, 0.5) is 0 Å². The molecule has 0 spiro atoms. The summed E-state index contributed by atoms with van der Waals surface area (Å²) in [5, 5.41) is 9.78. The molecule has 0 aliphatic carbocycles. The van der Waals surface area contributed by atoms with E-state index in [1.54, 1.807) is 11.3 Å². The highest BCUT2D eigenvalue weighted by molar-refractivity contribution is 7.13. The van der Waals surface area contributed by atoms with E-state index in [1.807, 2.05) is 6.07 Å². The molecule has 0 radical (unpaired) electrons. The second-order valence-corrected chi connectivity index (χ2v) is 6.65. The molecule has 0 bridgehead atoms. The first kappa shape index (κ1) is 14.8. The second kappa shape index (κ2) is 7.20. The van der Waals surface area contributed by atoms with Gasteiger partial charge in [-0.3, -0.25) is 4.90 Å². The minimum Gasteiger partial charge on any atom is -0.355 e. The van der Waals surface area contributed by atoms with Crippen molar-refractivity contribution in [1.82, 2.24) is 15.4 Å². The Kier molecular flexibility index (Phi) is 5.06. The van der Waals surface area contributed by atoms with Gasteiger partial charge in [-0.15, -0.1) is 11.3 Å². The summed E-state index contributed by atoms with van der Waals surface area (Å²) >= 11 is 1.69. The number of hydrogen-bond donors (Lipinski definition) is 1. The number of thiophene rings is 1. The Morgan fingerprint density at radius 2 is 2.48 bits per heavy atom. The van der Waals surface area contributed by atoms with Gasteiger partial charge < -0.3 is 9.84 Å². The topological polar surface area (TPSA) is 41.3 Å². The maximum absolute atomic E-state index is 5.47. The highest BCUT2D eigenvalue weighted by atomic mass is 32.1. The fraction of sp³-hybridized carbons (Fsp3) is 0.562. The molecule has 3 heterocycles. The summed E-state index contributed by atoms with van der Waals surface area (Å²) in [5.41, 5.74) is 1.03. The molecule has 0 saturated carbocycles. The monoisotopic (exact) mass is 305 g/mol. The summed E-state index contributed by atoms with van der Waals surface area (Å²) in [6.45, 7) is 7.62.